The summed E-state index contributed by atoms with van der Waals surface area (Å²) in [7, 11) is 3.30. The number of aliphatic hydroxyl groups is 1. The molecule has 1 N–H and O–H groups in total. The third kappa shape index (κ3) is 3.11. The minimum absolute atomic E-state index is 0.0524. The highest BCUT2D eigenvalue weighted by Crippen LogP contribution is 2.21. The second-order valence-electron chi connectivity index (χ2n) is 5.17. The number of aryl methyl sites for hydroxylation is 1. The number of nitrogens with zero attached hydrogens (tertiary/aromatic N) is 1. The molecule has 0 aliphatic carbocycles. The van der Waals surface area contributed by atoms with Crippen molar-refractivity contribution < 1.29 is 19.4 Å². The summed E-state index contributed by atoms with van der Waals surface area (Å²) in [5.74, 6) is 0.657. The highest BCUT2D eigenvalue weighted by Gasteiger charge is 2.32. The van der Waals surface area contributed by atoms with Gasteiger partial charge in [0.1, 0.15) is 5.75 Å². The van der Waals surface area contributed by atoms with E-state index in [9.17, 15) is 9.90 Å². The lowest BCUT2D eigenvalue weighted by Crippen LogP contribution is -2.44. The number of hydrogen-bond donors (Lipinski definition) is 1. The number of aliphatic hydroxyl groups excluding tert-OH is 1. The maximum atomic E-state index is 12.3. The Morgan fingerprint density at radius 3 is 2.85 bits per heavy atom. The Morgan fingerprint density at radius 2 is 2.25 bits per heavy atom. The van der Waals surface area contributed by atoms with E-state index in [1.54, 1.807) is 19.1 Å². The van der Waals surface area contributed by atoms with Crippen molar-refractivity contribution in [2.24, 2.45) is 0 Å². The van der Waals surface area contributed by atoms with Gasteiger partial charge in [0.05, 0.1) is 38.9 Å². The average Bonchev–Trinajstić information content (AvgIpc) is 2.84. The van der Waals surface area contributed by atoms with E-state index in [2.05, 4.69) is 0 Å². The molecule has 1 aliphatic heterocycles. The van der Waals surface area contributed by atoms with Crippen molar-refractivity contribution in [2.45, 2.75) is 25.5 Å². The normalized spacial score (nSPS) is 21.8. The summed E-state index contributed by atoms with van der Waals surface area (Å²) >= 11 is 0. The number of benzene rings is 1. The van der Waals surface area contributed by atoms with Crippen LogP contribution in [-0.4, -0.2) is 55.4 Å². The predicted octanol–water partition coefficient (Wildman–Crippen LogP) is 0.764. The highest BCUT2D eigenvalue weighted by atomic mass is 16.5. The smallest absolute Gasteiger partial charge is 0.227 e. The highest BCUT2D eigenvalue weighted by molar-refractivity contribution is 5.79. The van der Waals surface area contributed by atoms with Gasteiger partial charge in [-0.2, -0.15) is 0 Å². The summed E-state index contributed by atoms with van der Waals surface area (Å²) in [6, 6.07) is 5.50. The van der Waals surface area contributed by atoms with Crippen molar-refractivity contribution >= 4 is 5.91 Å². The average molecular weight is 279 g/mol. The lowest BCUT2D eigenvalue weighted by molar-refractivity contribution is -0.132. The van der Waals surface area contributed by atoms with Crippen molar-refractivity contribution in [3.8, 4) is 5.75 Å². The summed E-state index contributed by atoms with van der Waals surface area (Å²) in [6.07, 6.45) is -0.353. The zero-order valence-corrected chi connectivity index (χ0v) is 12.1. The first-order valence-corrected chi connectivity index (χ1v) is 6.68. The quantitative estimate of drug-likeness (QED) is 0.884. The van der Waals surface area contributed by atoms with Crippen LogP contribution in [0.3, 0.4) is 0 Å². The van der Waals surface area contributed by atoms with Crippen LogP contribution in [0.5, 0.6) is 5.75 Å². The molecule has 1 amide bonds. The first-order chi connectivity index (χ1) is 9.52. The Kier molecular flexibility index (Phi) is 4.62. The number of amides is 1. The summed E-state index contributed by atoms with van der Waals surface area (Å²) < 4.78 is 10.5. The van der Waals surface area contributed by atoms with Gasteiger partial charge in [-0.05, 0) is 13.0 Å². The molecular weight excluding hydrogens is 258 g/mol. The summed E-state index contributed by atoms with van der Waals surface area (Å²) in [5.41, 5.74) is 1.94. The van der Waals surface area contributed by atoms with Crippen LogP contribution in [0.4, 0.5) is 0 Å². The maximum absolute atomic E-state index is 12.3. The second kappa shape index (κ2) is 6.24. The molecule has 0 radical (unpaired) electrons. The van der Waals surface area contributed by atoms with E-state index in [0.717, 1.165) is 11.1 Å². The van der Waals surface area contributed by atoms with Crippen LogP contribution < -0.4 is 4.74 Å². The number of methoxy groups -OCH3 is 1. The molecule has 1 aromatic carbocycles. The van der Waals surface area contributed by atoms with Gasteiger partial charge in [-0.25, -0.2) is 0 Å². The van der Waals surface area contributed by atoms with Crippen molar-refractivity contribution in [2.75, 3.05) is 27.4 Å². The molecule has 5 nitrogen and oxygen atoms in total. The molecule has 1 aromatic rings. The van der Waals surface area contributed by atoms with Gasteiger partial charge >= 0.3 is 0 Å². The van der Waals surface area contributed by atoms with E-state index >= 15 is 0 Å². The fourth-order valence-corrected chi connectivity index (χ4v) is 2.42. The van der Waals surface area contributed by atoms with Crippen molar-refractivity contribution in [3.05, 3.63) is 29.3 Å². The van der Waals surface area contributed by atoms with Gasteiger partial charge in [-0.1, -0.05) is 17.7 Å². The predicted molar refractivity (Wildman–Crippen MR) is 74.8 cm³/mol. The van der Waals surface area contributed by atoms with E-state index in [1.807, 2.05) is 25.1 Å². The van der Waals surface area contributed by atoms with Crippen molar-refractivity contribution in [3.63, 3.8) is 0 Å². The molecule has 2 rings (SSSR count). The lowest BCUT2D eigenvalue weighted by atomic mass is 10.1. The van der Waals surface area contributed by atoms with Crippen LogP contribution in [0.2, 0.25) is 0 Å². The molecule has 0 bridgehead atoms. The fraction of sp³-hybridized carbons (Fsp3) is 0.533. The molecule has 1 heterocycles. The second-order valence-corrected chi connectivity index (χ2v) is 5.17. The molecule has 0 unspecified atom stereocenters. The fourth-order valence-electron chi connectivity index (χ4n) is 2.42. The minimum Gasteiger partial charge on any atom is -0.496 e. The summed E-state index contributed by atoms with van der Waals surface area (Å²) in [6.45, 7) is 2.65. The van der Waals surface area contributed by atoms with Crippen LogP contribution >= 0.6 is 0 Å². The molecule has 0 spiro atoms. The zero-order chi connectivity index (χ0) is 14.7. The molecule has 110 valence electrons. The molecule has 0 saturated carbocycles. The van der Waals surface area contributed by atoms with E-state index in [-0.39, 0.29) is 25.0 Å². The zero-order valence-electron chi connectivity index (χ0n) is 12.1. The number of hydrogen-bond acceptors (Lipinski definition) is 4. The van der Waals surface area contributed by atoms with Gasteiger partial charge in [0.25, 0.3) is 0 Å². The Hall–Kier alpha value is -1.59. The molecule has 1 fully saturated rings. The minimum atomic E-state index is -0.608. The van der Waals surface area contributed by atoms with Crippen LogP contribution in [0.25, 0.3) is 0 Å². The number of carbonyl (C=O) groups excluding carboxylic acids is 1. The van der Waals surface area contributed by atoms with Gasteiger partial charge in [0.2, 0.25) is 5.91 Å². The van der Waals surface area contributed by atoms with Crippen molar-refractivity contribution in [1.82, 2.24) is 4.90 Å². The van der Waals surface area contributed by atoms with Crippen LogP contribution in [0.1, 0.15) is 11.1 Å². The third-order valence-electron chi connectivity index (χ3n) is 3.69. The van der Waals surface area contributed by atoms with Crippen LogP contribution in [0.15, 0.2) is 18.2 Å². The van der Waals surface area contributed by atoms with E-state index in [4.69, 9.17) is 9.47 Å². The van der Waals surface area contributed by atoms with E-state index < -0.39 is 6.10 Å². The SMILES string of the molecule is COc1ccc(C)cc1CC(=O)N(C)[C@@H]1COC[C@H]1O. The lowest BCUT2D eigenvalue weighted by Gasteiger charge is -2.26. The van der Waals surface area contributed by atoms with Gasteiger partial charge in [-0.3, -0.25) is 4.79 Å². The van der Waals surface area contributed by atoms with Gasteiger partial charge in [0.15, 0.2) is 0 Å². The third-order valence-corrected chi connectivity index (χ3v) is 3.69. The van der Waals surface area contributed by atoms with Crippen molar-refractivity contribution in [1.29, 1.82) is 0 Å². The van der Waals surface area contributed by atoms with Gasteiger partial charge in [-0.15, -0.1) is 0 Å². The Morgan fingerprint density at radius 1 is 1.50 bits per heavy atom. The molecule has 2 atom stereocenters. The first-order valence-electron chi connectivity index (χ1n) is 6.68. The van der Waals surface area contributed by atoms with Gasteiger partial charge < -0.3 is 19.5 Å². The summed E-state index contributed by atoms with van der Waals surface area (Å²) in [5, 5.41) is 9.78. The Bertz CT molecular complexity index is 489. The number of carbonyl (C=O) groups is 1. The molecular formula is C15H21NO4. The number of likely N-dealkylation sites (N-methyl/N-ethyl adjacent to an activating group) is 1. The Labute approximate surface area is 119 Å². The maximum Gasteiger partial charge on any atom is 0.227 e. The first kappa shape index (κ1) is 14.8. The molecule has 5 heteroatoms. The largest absolute Gasteiger partial charge is 0.496 e. The van der Waals surface area contributed by atoms with Crippen LogP contribution in [0, 0.1) is 6.92 Å². The molecule has 1 aliphatic rings. The number of rotatable bonds is 4. The number of ether oxygens (including phenoxy) is 2. The summed E-state index contributed by atoms with van der Waals surface area (Å²) in [4.78, 5) is 13.9. The molecule has 1 saturated heterocycles. The Balaban J connectivity index is 2.09. The standard InChI is InChI=1S/C15H21NO4/c1-10-4-5-14(19-3)11(6-10)7-15(18)16(2)12-8-20-9-13(12)17/h4-6,12-13,17H,7-9H2,1-3H3/t12-,13-/m1/s1. The van der Waals surface area contributed by atoms with Crippen LogP contribution in [-0.2, 0) is 16.0 Å². The van der Waals surface area contributed by atoms with E-state index in [0.29, 0.717) is 12.4 Å². The van der Waals surface area contributed by atoms with E-state index in [1.165, 1.54) is 0 Å². The topological polar surface area (TPSA) is 59.0 Å². The monoisotopic (exact) mass is 279 g/mol. The van der Waals surface area contributed by atoms with Gasteiger partial charge in [0, 0.05) is 12.6 Å². The molecule has 20 heavy (non-hydrogen) atoms. The molecule has 0 aromatic heterocycles.